The Morgan fingerprint density at radius 1 is 1.46 bits per heavy atom. The lowest BCUT2D eigenvalue weighted by Gasteiger charge is -2.07. The van der Waals surface area contributed by atoms with Crippen molar-refractivity contribution in [2.75, 3.05) is 6.67 Å². The summed E-state index contributed by atoms with van der Waals surface area (Å²) < 4.78 is 25.3. The molecule has 0 saturated heterocycles. The largest absolute Gasteiger partial charge is 0.322 e. The summed E-state index contributed by atoms with van der Waals surface area (Å²) >= 11 is 2.99. The number of hydrogen-bond acceptors (Lipinski definition) is 1. The normalized spacial score (nSPS) is 12.0. The van der Waals surface area contributed by atoms with Crippen LogP contribution >= 0.6 is 28.3 Å². The molecular formula is C8H9BrClF2N. The second-order valence-electron chi connectivity index (χ2n) is 2.43. The molecule has 0 aliphatic rings. The molecule has 0 fully saturated rings. The monoisotopic (exact) mass is 271 g/mol. The molecule has 1 atom stereocenters. The van der Waals surface area contributed by atoms with Crippen molar-refractivity contribution in [3.63, 3.8) is 0 Å². The third kappa shape index (κ3) is 3.21. The molecule has 13 heavy (non-hydrogen) atoms. The number of rotatable bonds is 2. The molecule has 0 amide bonds. The molecule has 1 aromatic carbocycles. The number of benzene rings is 1. The van der Waals surface area contributed by atoms with Crippen LogP contribution in [-0.4, -0.2) is 6.67 Å². The van der Waals surface area contributed by atoms with E-state index in [9.17, 15) is 8.78 Å². The molecule has 0 spiro atoms. The minimum atomic E-state index is -0.729. The minimum Gasteiger partial charge on any atom is -0.322 e. The van der Waals surface area contributed by atoms with Gasteiger partial charge in [-0.2, -0.15) is 0 Å². The van der Waals surface area contributed by atoms with Crippen LogP contribution in [0.4, 0.5) is 8.78 Å². The molecule has 1 rings (SSSR count). The lowest BCUT2D eigenvalue weighted by atomic mass is 10.1. The molecule has 1 aromatic rings. The van der Waals surface area contributed by atoms with Crippen LogP contribution in [-0.2, 0) is 0 Å². The molecule has 0 bridgehead atoms. The number of nitrogens with two attached hydrogens (primary N) is 1. The predicted octanol–water partition coefficient (Wildman–Crippen LogP) is 2.98. The Balaban J connectivity index is 0.00000144. The van der Waals surface area contributed by atoms with Gasteiger partial charge in [0.25, 0.3) is 0 Å². The second kappa shape index (κ2) is 5.52. The van der Waals surface area contributed by atoms with Crippen LogP contribution in [0.2, 0.25) is 0 Å². The van der Waals surface area contributed by atoms with E-state index in [0.29, 0.717) is 10.0 Å². The van der Waals surface area contributed by atoms with Crippen molar-refractivity contribution >= 4 is 28.3 Å². The van der Waals surface area contributed by atoms with Gasteiger partial charge < -0.3 is 5.73 Å². The maximum absolute atomic E-state index is 12.9. The third-order valence-electron chi connectivity index (χ3n) is 1.54. The lowest BCUT2D eigenvalue weighted by Crippen LogP contribution is -2.12. The van der Waals surface area contributed by atoms with Crippen molar-refractivity contribution in [2.24, 2.45) is 5.73 Å². The van der Waals surface area contributed by atoms with Crippen LogP contribution in [0.15, 0.2) is 22.7 Å². The maximum Gasteiger partial charge on any atom is 0.137 e. The standard InChI is InChI=1S/C8H8BrF2N.ClH/c9-6-2-1-5(3-7(6)11)8(12)4-10;/h1-3,8H,4,12H2;1H/t8-;/m1./s1. The van der Waals surface area contributed by atoms with E-state index in [1.54, 1.807) is 6.07 Å². The van der Waals surface area contributed by atoms with E-state index in [4.69, 9.17) is 5.73 Å². The number of alkyl halides is 1. The van der Waals surface area contributed by atoms with E-state index in [1.165, 1.54) is 12.1 Å². The van der Waals surface area contributed by atoms with Gasteiger partial charge in [0.05, 0.1) is 10.5 Å². The average molecular weight is 273 g/mol. The zero-order valence-corrected chi connectivity index (χ0v) is 9.04. The topological polar surface area (TPSA) is 26.0 Å². The van der Waals surface area contributed by atoms with Crippen molar-refractivity contribution in [2.45, 2.75) is 6.04 Å². The summed E-state index contributed by atoms with van der Waals surface area (Å²) in [6.45, 7) is -0.679. The average Bonchev–Trinajstić information content (AvgIpc) is 2.08. The molecule has 0 heterocycles. The number of halogens is 4. The maximum atomic E-state index is 12.9. The Morgan fingerprint density at radius 2 is 2.08 bits per heavy atom. The molecule has 0 aliphatic heterocycles. The van der Waals surface area contributed by atoms with E-state index < -0.39 is 18.5 Å². The molecule has 2 N–H and O–H groups in total. The summed E-state index contributed by atoms with van der Waals surface area (Å²) in [6.07, 6.45) is 0. The van der Waals surface area contributed by atoms with Crippen LogP contribution in [0, 0.1) is 5.82 Å². The van der Waals surface area contributed by atoms with Gasteiger partial charge >= 0.3 is 0 Å². The van der Waals surface area contributed by atoms with Gasteiger partial charge in [0, 0.05) is 0 Å². The zero-order valence-electron chi connectivity index (χ0n) is 6.64. The van der Waals surface area contributed by atoms with Gasteiger partial charge in [0.15, 0.2) is 0 Å². The molecule has 0 unspecified atom stereocenters. The van der Waals surface area contributed by atoms with Crippen LogP contribution in [0.1, 0.15) is 11.6 Å². The molecule has 0 aromatic heterocycles. The first kappa shape index (κ1) is 12.8. The fourth-order valence-electron chi connectivity index (χ4n) is 0.832. The van der Waals surface area contributed by atoms with Crippen LogP contribution in [0.3, 0.4) is 0 Å². The molecular weight excluding hydrogens is 263 g/mol. The van der Waals surface area contributed by atoms with E-state index in [1.807, 2.05) is 0 Å². The number of hydrogen-bond donors (Lipinski definition) is 1. The predicted molar refractivity (Wildman–Crippen MR) is 54.3 cm³/mol. The highest BCUT2D eigenvalue weighted by atomic mass is 79.9. The minimum absolute atomic E-state index is 0. The summed E-state index contributed by atoms with van der Waals surface area (Å²) in [5.41, 5.74) is 5.83. The molecule has 0 radical (unpaired) electrons. The van der Waals surface area contributed by atoms with Gasteiger partial charge in [-0.25, -0.2) is 8.78 Å². The smallest absolute Gasteiger partial charge is 0.137 e. The second-order valence-corrected chi connectivity index (χ2v) is 3.29. The fraction of sp³-hybridized carbons (Fsp3) is 0.250. The molecule has 74 valence electrons. The van der Waals surface area contributed by atoms with Gasteiger partial charge in [-0.1, -0.05) is 6.07 Å². The molecule has 0 aliphatic carbocycles. The Hall–Kier alpha value is -0.190. The van der Waals surface area contributed by atoms with Gasteiger partial charge in [-0.3, -0.25) is 0 Å². The lowest BCUT2D eigenvalue weighted by molar-refractivity contribution is 0.436. The molecule has 0 saturated carbocycles. The first-order valence-electron chi connectivity index (χ1n) is 3.41. The zero-order chi connectivity index (χ0) is 9.14. The summed E-state index contributed by atoms with van der Waals surface area (Å²) in [5, 5.41) is 0. The van der Waals surface area contributed by atoms with Crippen molar-refractivity contribution < 1.29 is 8.78 Å². The summed E-state index contributed by atoms with van der Waals surface area (Å²) in [6, 6.07) is 3.61. The highest BCUT2D eigenvalue weighted by Crippen LogP contribution is 2.19. The van der Waals surface area contributed by atoms with Crippen LogP contribution < -0.4 is 5.73 Å². The van der Waals surface area contributed by atoms with Crippen molar-refractivity contribution in [3.8, 4) is 0 Å². The quantitative estimate of drug-likeness (QED) is 0.880. The molecule has 5 heteroatoms. The Kier molecular flexibility index (Phi) is 5.44. The highest BCUT2D eigenvalue weighted by molar-refractivity contribution is 9.10. The highest BCUT2D eigenvalue weighted by Gasteiger charge is 2.07. The van der Waals surface area contributed by atoms with E-state index >= 15 is 0 Å². The first-order chi connectivity index (χ1) is 5.65. The van der Waals surface area contributed by atoms with E-state index in [2.05, 4.69) is 15.9 Å². The Labute approximate surface area is 89.9 Å². The summed E-state index contributed by atoms with van der Waals surface area (Å²) in [5.74, 6) is -0.420. The van der Waals surface area contributed by atoms with Crippen LogP contribution in [0.5, 0.6) is 0 Å². The summed E-state index contributed by atoms with van der Waals surface area (Å²) in [4.78, 5) is 0. The van der Waals surface area contributed by atoms with Crippen molar-refractivity contribution in [1.29, 1.82) is 0 Å². The van der Waals surface area contributed by atoms with Gasteiger partial charge in [-0.05, 0) is 33.6 Å². The van der Waals surface area contributed by atoms with Gasteiger partial charge in [0.2, 0.25) is 0 Å². The Morgan fingerprint density at radius 3 is 2.54 bits per heavy atom. The third-order valence-corrected chi connectivity index (χ3v) is 2.18. The fourth-order valence-corrected chi connectivity index (χ4v) is 1.08. The summed E-state index contributed by atoms with van der Waals surface area (Å²) in [7, 11) is 0. The van der Waals surface area contributed by atoms with E-state index in [-0.39, 0.29) is 12.4 Å². The van der Waals surface area contributed by atoms with Crippen molar-refractivity contribution in [1.82, 2.24) is 0 Å². The molecule has 1 nitrogen and oxygen atoms in total. The van der Waals surface area contributed by atoms with Crippen molar-refractivity contribution in [3.05, 3.63) is 34.1 Å². The first-order valence-corrected chi connectivity index (χ1v) is 4.21. The van der Waals surface area contributed by atoms with Gasteiger partial charge in [-0.15, -0.1) is 12.4 Å². The van der Waals surface area contributed by atoms with Crippen LogP contribution in [0.25, 0.3) is 0 Å². The van der Waals surface area contributed by atoms with E-state index in [0.717, 1.165) is 0 Å². The Bertz CT molecular complexity index is 283. The SMILES string of the molecule is Cl.N[C@H](CF)c1ccc(Br)c(F)c1. The van der Waals surface area contributed by atoms with Gasteiger partial charge in [0.1, 0.15) is 12.5 Å².